The van der Waals surface area contributed by atoms with Gasteiger partial charge in [-0.05, 0) is 34.1 Å². The van der Waals surface area contributed by atoms with Gasteiger partial charge in [0.2, 0.25) is 5.91 Å². The van der Waals surface area contributed by atoms with E-state index in [1.54, 1.807) is 27.7 Å². The molecule has 0 radical (unpaired) electrons. The summed E-state index contributed by atoms with van der Waals surface area (Å²) in [5.41, 5.74) is -0.613. The Balaban J connectivity index is 2.60. The summed E-state index contributed by atoms with van der Waals surface area (Å²) in [5, 5.41) is 0. The zero-order valence-corrected chi connectivity index (χ0v) is 13.3. The molecule has 0 aromatic rings. The van der Waals surface area contributed by atoms with Gasteiger partial charge in [0, 0.05) is 13.6 Å². The summed E-state index contributed by atoms with van der Waals surface area (Å²) >= 11 is 0. The number of carbonyl (C=O) groups excluding carboxylic acids is 3. The Labute approximate surface area is 125 Å². The Morgan fingerprint density at radius 1 is 1.38 bits per heavy atom. The summed E-state index contributed by atoms with van der Waals surface area (Å²) in [4.78, 5) is 38.3. The summed E-state index contributed by atoms with van der Waals surface area (Å²) in [6.45, 7) is 7.64. The van der Waals surface area contributed by atoms with Crippen molar-refractivity contribution in [2.24, 2.45) is 0 Å². The van der Waals surface area contributed by atoms with Crippen LogP contribution in [0.5, 0.6) is 0 Å². The molecule has 0 saturated carbocycles. The van der Waals surface area contributed by atoms with Crippen molar-refractivity contribution < 1.29 is 23.9 Å². The van der Waals surface area contributed by atoms with Gasteiger partial charge in [0.05, 0.1) is 6.61 Å². The molecule has 1 saturated heterocycles. The number of hydrogen-bond acceptors (Lipinski definition) is 5. The van der Waals surface area contributed by atoms with E-state index in [4.69, 9.17) is 9.47 Å². The number of likely N-dealkylation sites (N-methyl/N-ethyl adjacent to an activating group) is 1. The molecule has 0 bridgehead atoms. The Bertz CT molecular complexity index is 416. The normalized spacial score (nSPS) is 18.6. The maximum Gasteiger partial charge on any atom is 0.410 e. The SMILES string of the molecule is CCOC(=O)CN1CCC(N(C)C(=O)OC(C)(C)C)C1=O. The fraction of sp³-hybridized carbons (Fsp3) is 0.786. The van der Waals surface area contributed by atoms with Crippen molar-refractivity contribution >= 4 is 18.0 Å². The third-order valence-corrected chi connectivity index (χ3v) is 3.04. The first-order valence-corrected chi connectivity index (χ1v) is 7.06. The number of ether oxygens (including phenoxy) is 2. The van der Waals surface area contributed by atoms with E-state index in [0.717, 1.165) is 0 Å². The first-order chi connectivity index (χ1) is 9.65. The van der Waals surface area contributed by atoms with Crippen LogP contribution >= 0.6 is 0 Å². The lowest BCUT2D eigenvalue weighted by Crippen LogP contribution is -2.45. The molecule has 120 valence electrons. The maximum atomic E-state index is 12.2. The number of rotatable bonds is 4. The minimum atomic E-state index is -0.613. The van der Waals surface area contributed by atoms with Crippen molar-refractivity contribution in [3.63, 3.8) is 0 Å². The minimum Gasteiger partial charge on any atom is -0.465 e. The fourth-order valence-electron chi connectivity index (χ4n) is 2.06. The van der Waals surface area contributed by atoms with Crippen molar-refractivity contribution in [2.45, 2.75) is 45.8 Å². The largest absolute Gasteiger partial charge is 0.465 e. The van der Waals surface area contributed by atoms with E-state index in [2.05, 4.69) is 0 Å². The number of hydrogen-bond donors (Lipinski definition) is 0. The molecule has 1 fully saturated rings. The van der Waals surface area contributed by atoms with Gasteiger partial charge in [0.25, 0.3) is 0 Å². The molecular formula is C14H24N2O5. The van der Waals surface area contributed by atoms with Crippen LogP contribution in [-0.2, 0) is 19.1 Å². The van der Waals surface area contributed by atoms with E-state index in [-0.39, 0.29) is 19.1 Å². The Hall–Kier alpha value is -1.79. The highest BCUT2D eigenvalue weighted by Crippen LogP contribution is 2.18. The van der Waals surface area contributed by atoms with Crippen LogP contribution in [0.4, 0.5) is 4.79 Å². The van der Waals surface area contributed by atoms with Crippen LogP contribution < -0.4 is 0 Å². The standard InChI is InChI=1S/C14H24N2O5/c1-6-20-11(17)9-16-8-7-10(12(16)18)15(5)13(19)21-14(2,3)4/h10H,6-9H2,1-5H3. The van der Waals surface area contributed by atoms with Crippen molar-refractivity contribution in [1.29, 1.82) is 0 Å². The first-order valence-electron chi connectivity index (χ1n) is 7.06. The summed E-state index contributed by atoms with van der Waals surface area (Å²) in [7, 11) is 1.53. The lowest BCUT2D eigenvalue weighted by molar-refractivity contribution is -0.148. The highest BCUT2D eigenvalue weighted by atomic mass is 16.6. The molecule has 1 unspecified atom stereocenters. The molecule has 2 amide bonds. The number of likely N-dealkylation sites (tertiary alicyclic amines) is 1. The summed E-state index contributed by atoms with van der Waals surface area (Å²) in [6.07, 6.45) is -0.0626. The molecule has 7 heteroatoms. The molecule has 21 heavy (non-hydrogen) atoms. The Morgan fingerprint density at radius 3 is 2.52 bits per heavy atom. The van der Waals surface area contributed by atoms with E-state index in [0.29, 0.717) is 13.0 Å². The summed E-state index contributed by atoms with van der Waals surface area (Å²) in [6, 6.07) is -0.589. The summed E-state index contributed by atoms with van der Waals surface area (Å²) in [5.74, 6) is -0.692. The molecule has 0 aliphatic carbocycles. The second-order valence-electron chi connectivity index (χ2n) is 5.96. The van der Waals surface area contributed by atoms with Gasteiger partial charge < -0.3 is 14.4 Å². The average Bonchev–Trinajstić information content (AvgIpc) is 2.68. The van der Waals surface area contributed by atoms with Crippen LogP contribution in [0.2, 0.25) is 0 Å². The molecule has 1 aliphatic rings. The second kappa shape index (κ2) is 6.78. The van der Waals surface area contributed by atoms with Gasteiger partial charge >= 0.3 is 12.1 Å². The van der Waals surface area contributed by atoms with Crippen LogP contribution in [0.3, 0.4) is 0 Å². The average molecular weight is 300 g/mol. The highest BCUT2D eigenvalue weighted by molar-refractivity contribution is 5.90. The summed E-state index contributed by atoms with van der Waals surface area (Å²) < 4.78 is 10.1. The molecule has 1 atom stereocenters. The van der Waals surface area contributed by atoms with Gasteiger partial charge in [0.15, 0.2) is 0 Å². The number of esters is 1. The molecule has 0 aromatic heterocycles. The zero-order chi connectivity index (χ0) is 16.2. The lowest BCUT2D eigenvalue weighted by Gasteiger charge is -2.27. The van der Waals surface area contributed by atoms with Crippen LogP contribution in [0, 0.1) is 0 Å². The van der Waals surface area contributed by atoms with E-state index in [1.807, 2.05) is 0 Å². The minimum absolute atomic E-state index is 0.0780. The zero-order valence-electron chi connectivity index (χ0n) is 13.3. The molecule has 1 aliphatic heterocycles. The molecule has 0 aromatic carbocycles. The van der Waals surface area contributed by atoms with Gasteiger partial charge in [-0.3, -0.25) is 14.5 Å². The quantitative estimate of drug-likeness (QED) is 0.724. The molecular weight excluding hydrogens is 276 g/mol. The lowest BCUT2D eigenvalue weighted by atomic mass is 10.2. The smallest absolute Gasteiger partial charge is 0.410 e. The van der Waals surface area contributed by atoms with Crippen molar-refractivity contribution in [2.75, 3.05) is 26.7 Å². The van der Waals surface area contributed by atoms with Gasteiger partial charge in [-0.15, -0.1) is 0 Å². The van der Waals surface area contributed by atoms with E-state index in [9.17, 15) is 14.4 Å². The molecule has 0 N–H and O–H groups in total. The van der Waals surface area contributed by atoms with Crippen molar-refractivity contribution in [3.05, 3.63) is 0 Å². The third-order valence-electron chi connectivity index (χ3n) is 3.04. The van der Waals surface area contributed by atoms with Crippen LogP contribution in [0.15, 0.2) is 0 Å². The Kier molecular flexibility index (Phi) is 5.57. The van der Waals surface area contributed by atoms with Gasteiger partial charge in [0.1, 0.15) is 18.2 Å². The Morgan fingerprint density at radius 2 is 2.00 bits per heavy atom. The van der Waals surface area contributed by atoms with E-state index in [1.165, 1.54) is 16.8 Å². The molecule has 0 spiro atoms. The van der Waals surface area contributed by atoms with Crippen molar-refractivity contribution in [3.8, 4) is 0 Å². The van der Waals surface area contributed by atoms with Crippen LogP contribution in [0.25, 0.3) is 0 Å². The second-order valence-corrected chi connectivity index (χ2v) is 5.96. The van der Waals surface area contributed by atoms with Crippen LogP contribution in [0.1, 0.15) is 34.1 Å². The molecule has 7 nitrogen and oxygen atoms in total. The van der Waals surface area contributed by atoms with Crippen molar-refractivity contribution in [1.82, 2.24) is 9.80 Å². The predicted molar refractivity (Wildman–Crippen MR) is 75.6 cm³/mol. The molecule has 1 heterocycles. The van der Waals surface area contributed by atoms with E-state index >= 15 is 0 Å². The van der Waals surface area contributed by atoms with E-state index < -0.39 is 23.7 Å². The monoisotopic (exact) mass is 300 g/mol. The van der Waals surface area contributed by atoms with Gasteiger partial charge in [-0.1, -0.05) is 0 Å². The maximum absolute atomic E-state index is 12.2. The fourth-order valence-corrected chi connectivity index (χ4v) is 2.06. The molecule has 1 rings (SSSR count). The third kappa shape index (κ3) is 4.91. The van der Waals surface area contributed by atoms with Crippen LogP contribution in [-0.4, -0.2) is 66.2 Å². The number of carbonyl (C=O) groups is 3. The van der Waals surface area contributed by atoms with Gasteiger partial charge in [-0.25, -0.2) is 4.79 Å². The number of nitrogens with zero attached hydrogens (tertiary/aromatic N) is 2. The van der Waals surface area contributed by atoms with Gasteiger partial charge in [-0.2, -0.15) is 0 Å². The first kappa shape index (κ1) is 17.3. The predicted octanol–water partition coefficient (Wildman–Crippen LogP) is 1.02. The highest BCUT2D eigenvalue weighted by Gasteiger charge is 2.38. The number of amides is 2. The topological polar surface area (TPSA) is 76.2 Å².